The summed E-state index contributed by atoms with van der Waals surface area (Å²) in [5.41, 5.74) is 1.05. The second kappa shape index (κ2) is 11.1. The minimum atomic E-state index is 0.00114. The van der Waals surface area contributed by atoms with Gasteiger partial charge in [-0.2, -0.15) is 0 Å². The normalized spacial score (nSPS) is 14.0. The third kappa shape index (κ3) is 6.27. The molecule has 3 aromatic rings. The first-order valence-corrected chi connectivity index (χ1v) is 11.5. The van der Waals surface area contributed by atoms with E-state index in [0.717, 1.165) is 42.7 Å². The SMILES string of the molecule is O=C(COc1ccc(Cl)cc1)N(Cc1cccc(Oc2ccccc2)c1)C1CCCCC1. The van der Waals surface area contributed by atoms with Gasteiger partial charge in [0.15, 0.2) is 6.61 Å². The molecule has 4 rings (SSSR count). The molecule has 0 aliphatic heterocycles. The van der Waals surface area contributed by atoms with Gasteiger partial charge < -0.3 is 14.4 Å². The van der Waals surface area contributed by atoms with Crippen LogP contribution in [0.25, 0.3) is 0 Å². The number of hydrogen-bond donors (Lipinski definition) is 0. The number of benzene rings is 3. The smallest absolute Gasteiger partial charge is 0.261 e. The molecule has 1 aliphatic rings. The molecule has 0 bridgehead atoms. The van der Waals surface area contributed by atoms with Gasteiger partial charge in [0.2, 0.25) is 0 Å². The van der Waals surface area contributed by atoms with E-state index >= 15 is 0 Å². The molecule has 3 aromatic carbocycles. The molecule has 166 valence electrons. The average molecular weight is 450 g/mol. The van der Waals surface area contributed by atoms with Crippen molar-refractivity contribution in [1.29, 1.82) is 0 Å². The fourth-order valence-electron chi connectivity index (χ4n) is 4.10. The van der Waals surface area contributed by atoms with E-state index in [1.165, 1.54) is 6.42 Å². The van der Waals surface area contributed by atoms with E-state index in [0.29, 0.717) is 17.3 Å². The number of para-hydroxylation sites is 1. The molecule has 0 radical (unpaired) electrons. The molecule has 4 nitrogen and oxygen atoms in total. The maximum Gasteiger partial charge on any atom is 0.261 e. The molecule has 1 aliphatic carbocycles. The highest BCUT2D eigenvalue weighted by atomic mass is 35.5. The molecule has 1 amide bonds. The number of carbonyl (C=O) groups is 1. The van der Waals surface area contributed by atoms with Crippen molar-refractivity contribution in [2.75, 3.05) is 6.61 Å². The highest BCUT2D eigenvalue weighted by Gasteiger charge is 2.26. The Hall–Kier alpha value is -2.98. The molecular weight excluding hydrogens is 422 g/mol. The standard InChI is InChI=1S/C27H28ClNO3/c28-22-14-16-24(17-15-22)31-20-27(30)29(23-9-3-1-4-10-23)19-21-8-7-13-26(18-21)32-25-11-5-2-6-12-25/h2,5-8,11-18,23H,1,3-4,9-10,19-20H2. The van der Waals surface area contributed by atoms with Gasteiger partial charge in [-0.15, -0.1) is 0 Å². The summed E-state index contributed by atoms with van der Waals surface area (Å²) < 4.78 is 11.7. The first kappa shape index (κ1) is 22.2. The van der Waals surface area contributed by atoms with Crippen LogP contribution < -0.4 is 9.47 Å². The van der Waals surface area contributed by atoms with Crippen LogP contribution in [0.5, 0.6) is 17.2 Å². The lowest BCUT2D eigenvalue weighted by atomic mass is 9.93. The number of carbonyl (C=O) groups excluding carboxylic acids is 1. The lowest BCUT2D eigenvalue weighted by Gasteiger charge is -2.34. The Balaban J connectivity index is 1.46. The summed E-state index contributed by atoms with van der Waals surface area (Å²) in [6.45, 7) is 0.553. The van der Waals surface area contributed by atoms with Gasteiger partial charge in [0, 0.05) is 17.6 Å². The first-order valence-electron chi connectivity index (χ1n) is 11.2. The summed E-state index contributed by atoms with van der Waals surface area (Å²) in [6, 6.07) is 25.0. The molecule has 1 fully saturated rings. The number of ether oxygens (including phenoxy) is 2. The van der Waals surface area contributed by atoms with Crippen LogP contribution in [0.2, 0.25) is 5.02 Å². The number of rotatable bonds is 8. The first-order chi connectivity index (χ1) is 15.7. The van der Waals surface area contributed by atoms with Gasteiger partial charge in [-0.25, -0.2) is 0 Å². The van der Waals surface area contributed by atoms with Crippen LogP contribution in [-0.2, 0) is 11.3 Å². The lowest BCUT2D eigenvalue weighted by molar-refractivity contribution is -0.137. The molecule has 5 heteroatoms. The van der Waals surface area contributed by atoms with E-state index in [2.05, 4.69) is 0 Å². The number of hydrogen-bond acceptors (Lipinski definition) is 3. The Kier molecular flexibility index (Phi) is 7.68. The van der Waals surface area contributed by atoms with Gasteiger partial charge in [0.05, 0.1) is 0 Å². The highest BCUT2D eigenvalue weighted by molar-refractivity contribution is 6.30. The van der Waals surface area contributed by atoms with Crippen molar-refractivity contribution in [3.63, 3.8) is 0 Å². The van der Waals surface area contributed by atoms with Crippen molar-refractivity contribution in [2.45, 2.75) is 44.7 Å². The summed E-state index contributed by atoms with van der Waals surface area (Å²) in [5, 5.41) is 0.644. The van der Waals surface area contributed by atoms with E-state index in [1.54, 1.807) is 24.3 Å². The molecular formula is C27H28ClNO3. The van der Waals surface area contributed by atoms with Crippen LogP contribution in [0, 0.1) is 0 Å². The van der Waals surface area contributed by atoms with E-state index < -0.39 is 0 Å². The second-order valence-electron chi connectivity index (χ2n) is 8.12. The molecule has 0 saturated heterocycles. The fourth-order valence-corrected chi connectivity index (χ4v) is 4.23. The maximum absolute atomic E-state index is 13.2. The predicted octanol–water partition coefficient (Wildman–Crippen LogP) is 6.87. The number of halogens is 1. The topological polar surface area (TPSA) is 38.8 Å². The molecule has 32 heavy (non-hydrogen) atoms. The Morgan fingerprint density at radius 1 is 0.844 bits per heavy atom. The molecule has 0 heterocycles. The van der Waals surface area contributed by atoms with E-state index in [9.17, 15) is 4.79 Å². The third-order valence-electron chi connectivity index (χ3n) is 5.74. The van der Waals surface area contributed by atoms with Gasteiger partial charge >= 0.3 is 0 Å². The van der Waals surface area contributed by atoms with Crippen molar-refractivity contribution in [2.24, 2.45) is 0 Å². The Morgan fingerprint density at radius 2 is 1.56 bits per heavy atom. The van der Waals surface area contributed by atoms with Crippen molar-refractivity contribution in [1.82, 2.24) is 4.90 Å². The molecule has 0 unspecified atom stereocenters. The molecule has 0 aromatic heterocycles. The summed E-state index contributed by atoms with van der Waals surface area (Å²) in [4.78, 5) is 15.2. The largest absolute Gasteiger partial charge is 0.484 e. The van der Waals surface area contributed by atoms with Gasteiger partial charge in [-0.05, 0) is 66.9 Å². The minimum absolute atomic E-state index is 0.00114. The fraction of sp³-hybridized carbons (Fsp3) is 0.296. The van der Waals surface area contributed by atoms with Crippen molar-refractivity contribution < 1.29 is 14.3 Å². The number of amides is 1. The highest BCUT2D eigenvalue weighted by Crippen LogP contribution is 2.27. The summed E-state index contributed by atoms with van der Waals surface area (Å²) in [6.07, 6.45) is 5.62. The van der Waals surface area contributed by atoms with Crippen LogP contribution >= 0.6 is 11.6 Å². The van der Waals surface area contributed by atoms with Gasteiger partial charge in [-0.1, -0.05) is 61.2 Å². The summed E-state index contributed by atoms with van der Waals surface area (Å²) in [7, 11) is 0. The zero-order chi connectivity index (χ0) is 22.2. The van der Waals surface area contributed by atoms with Gasteiger partial charge in [-0.3, -0.25) is 4.79 Å². The molecule has 0 spiro atoms. The Labute approximate surface area is 194 Å². The van der Waals surface area contributed by atoms with Crippen LogP contribution in [0.3, 0.4) is 0 Å². The predicted molar refractivity (Wildman–Crippen MR) is 127 cm³/mol. The summed E-state index contributed by atoms with van der Waals surface area (Å²) in [5.74, 6) is 2.20. The van der Waals surface area contributed by atoms with E-state index in [4.69, 9.17) is 21.1 Å². The average Bonchev–Trinajstić information content (AvgIpc) is 2.83. The zero-order valence-electron chi connectivity index (χ0n) is 18.1. The van der Waals surface area contributed by atoms with Crippen molar-refractivity contribution >= 4 is 17.5 Å². The van der Waals surface area contributed by atoms with Crippen LogP contribution in [-0.4, -0.2) is 23.5 Å². The second-order valence-corrected chi connectivity index (χ2v) is 8.56. The van der Waals surface area contributed by atoms with Crippen molar-refractivity contribution in [3.8, 4) is 17.2 Å². The third-order valence-corrected chi connectivity index (χ3v) is 5.99. The van der Waals surface area contributed by atoms with E-state index in [-0.39, 0.29) is 18.6 Å². The summed E-state index contributed by atoms with van der Waals surface area (Å²) >= 11 is 5.94. The Morgan fingerprint density at radius 3 is 2.31 bits per heavy atom. The van der Waals surface area contributed by atoms with Gasteiger partial charge in [0.1, 0.15) is 17.2 Å². The quantitative estimate of drug-likeness (QED) is 0.376. The molecule has 0 N–H and O–H groups in total. The Bertz CT molecular complexity index is 1000. The van der Waals surface area contributed by atoms with E-state index in [1.807, 2.05) is 59.5 Å². The lowest BCUT2D eigenvalue weighted by Crippen LogP contribution is -2.43. The molecule has 1 saturated carbocycles. The number of nitrogens with zero attached hydrogens (tertiary/aromatic N) is 1. The van der Waals surface area contributed by atoms with Crippen molar-refractivity contribution in [3.05, 3.63) is 89.4 Å². The van der Waals surface area contributed by atoms with Crippen LogP contribution in [0.15, 0.2) is 78.9 Å². The van der Waals surface area contributed by atoms with Gasteiger partial charge in [0.25, 0.3) is 5.91 Å². The van der Waals surface area contributed by atoms with Crippen LogP contribution in [0.4, 0.5) is 0 Å². The maximum atomic E-state index is 13.2. The van der Waals surface area contributed by atoms with Crippen LogP contribution in [0.1, 0.15) is 37.7 Å². The monoisotopic (exact) mass is 449 g/mol. The molecule has 0 atom stereocenters. The minimum Gasteiger partial charge on any atom is -0.484 e. The zero-order valence-corrected chi connectivity index (χ0v) is 18.8.